The van der Waals surface area contributed by atoms with Gasteiger partial charge in [-0.1, -0.05) is 0 Å². The maximum absolute atomic E-state index is 12.4. The first-order valence-electron chi connectivity index (χ1n) is 8.55. The van der Waals surface area contributed by atoms with Gasteiger partial charge in [0, 0.05) is 22.8 Å². The molecule has 0 aromatic heterocycles. The average molecular weight is 395 g/mol. The Morgan fingerprint density at radius 3 is 2.71 bits per heavy atom. The highest BCUT2D eigenvalue weighted by Crippen LogP contribution is 2.31. The van der Waals surface area contributed by atoms with Gasteiger partial charge in [0.15, 0.2) is 6.10 Å². The Kier molecular flexibility index (Phi) is 5.96. The lowest BCUT2D eigenvalue weighted by molar-refractivity contribution is -0.123. The minimum absolute atomic E-state index is 0.105. The van der Waals surface area contributed by atoms with E-state index >= 15 is 0 Å². The zero-order chi connectivity index (χ0) is 20.1. The lowest BCUT2D eigenvalue weighted by Crippen LogP contribution is -2.30. The Morgan fingerprint density at radius 1 is 1.25 bits per heavy atom. The van der Waals surface area contributed by atoms with Crippen molar-refractivity contribution in [2.24, 2.45) is 0 Å². The molecule has 1 heterocycles. The van der Waals surface area contributed by atoms with Gasteiger partial charge in [-0.25, -0.2) is 4.79 Å². The van der Waals surface area contributed by atoms with Crippen molar-refractivity contribution in [1.29, 1.82) is 5.26 Å². The molecule has 2 aromatic rings. The van der Waals surface area contributed by atoms with E-state index in [0.29, 0.717) is 29.1 Å². The molecule has 28 heavy (non-hydrogen) atoms. The van der Waals surface area contributed by atoms with Crippen molar-refractivity contribution in [3.63, 3.8) is 0 Å². The van der Waals surface area contributed by atoms with Crippen LogP contribution >= 0.6 is 11.8 Å². The summed E-state index contributed by atoms with van der Waals surface area (Å²) >= 11 is 1.54. The van der Waals surface area contributed by atoms with Gasteiger partial charge in [0.25, 0.3) is 5.91 Å². The molecule has 0 unspecified atom stereocenters. The van der Waals surface area contributed by atoms with Crippen molar-refractivity contribution in [3.8, 4) is 6.07 Å². The summed E-state index contributed by atoms with van der Waals surface area (Å²) in [4.78, 5) is 37.2. The molecule has 8 heteroatoms. The lowest BCUT2D eigenvalue weighted by atomic mass is 10.2. The molecule has 1 aliphatic rings. The van der Waals surface area contributed by atoms with Crippen LogP contribution in [0.5, 0.6) is 0 Å². The fourth-order valence-corrected chi connectivity index (χ4v) is 3.44. The van der Waals surface area contributed by atoms with Gasteiger partial charge < -0.3 is 15.4 Å². The van der Waals surface area contributed by atoms with Crippen molar-refractivity contribution in [2.45, 2.75) is 24.3 Å². The summed E-state index contributed by atoms with van der Waals surface area (Å²) in [6.45, 7) is 1.47. The van der Waals surface area contributed by atoms with Gasteiger partial charge in [0.05, 0.1) is 22.9 Å². The van der Waals surface area contributed by atoms with Crippen LogP contribution in [-0.2, 0) is 14.3 Å². The van der Waals surface area contributed by atoms with Crippen LogP contribution in [0.2, 0.25) is 0 Å². The zero-order valence-corrected chi connectivity index (χ0v) is 15.8. The van der Waals surface area contributed by atoms with E-state index in [0.717, 1.165) is 4.90 Å². The number of ether oxygens (including phenoxy) is 1. The van der Waals surface area contributed by atoms with Crippen LogP contribution in [-0.4, -0.2) is 29.6 Å². The summed E-state index contributed by atoms with van der Waals surface area (Å²) in [7, 11) is 0. The third-order valence-corrected chi connectivity index (χ3v) is 5.09. The molecule has 0 bridgehead atoms. The number of thioether (sulfide) groups is 1. The Balaban J connectivity index is 1.64. The van der Waals surface area contributed by atoms with Crippen LogP contribution in [0.1, 0.15) is 29.3 Å². The number of hydrogen-bond acceptors (Lipinski definition) is 6. The summed E-state index contributed by atoms with van der Waals surface area (Å²) < 4.78 is 5.24. The molecule has 3 rings (SSSR count). The second-order valence-electron chi connectivity index (χ2n) is 6.08. The van der Waals surface area contributed by atoms with E-state index in [1.807, 2.05) is 6.07 Å². The highest BCUT2D eigenvalue weighted by molar-refractivity contribution is 7.99. The van der Waals surface area contributed by atoms with E-state index < -0.39 is 18.0 Å². The largest absolute Gasteiger partial charge is 0.449 e. The minimum Gasteiger partial charge on any atom is -0.449 e. The third kappa shape index (κ3) is 4.69. The summed E-state index contributed by atoms with van der Waals surface area (Å²) in [6, 6.07) is 13.3. The van der Waals surface area contributed by atoms with E-state index in [1.54, 1.807) is 42.5 Å². The van der Waals surface area contributed by atoms with Gasteiger partial charge in [0.2, 0.25) is 5.91 Å². The van der Waals surface area contributed by atoms with Crippen molar-refractivity contribution < 1.29 is 19.1 Å². The molecular weight excluding hydrogens is 378 g/mol. The quantitative estimate of drug-likeness (QED) is 0.770. The maximum atomic E-state index is 12.4. The normalized spacial score (nSPS) is 13.9. The number of amides is 2. The summed E-state index contributed by atoms with van der Waals surface area (Å²) in [5.41, 5.74) is 1.79. The topological polar surface area (TPSA) is 108 Å². The summed E-state index contributed by atoms with van der Waals surface area (Å²) in [6.07, 6.45) is -0.614. The van der Waals surface area contributed by atoms with Crippen LogP contribution in [0, 0.1) is 11.3 Å². The predicted octanol–water partition coefficient (Wildman–Crippen LogP) is 3.18. The highest BCUT2D eigenvalue weighted by Gasteiger charge is 2.21. The Morgan fingerprint density at radius 2 is 2.00 bits per heavy atom. The molecule has 0 saturated heterocycles. The molecule has 0 fully saturated rings. The third-order valence-electron chi connectivity index (χ3n) is 4.01. The van der Waals surface area contributed by atoms with Gasteiger partial charge in [-0.3, -0.25) is 9.59 Å². The Labute approximate surface area is 166 Å². The predicted molar refractivity (Wildman–Crippen MR) is 105 cm³/mol. The van der Waals surface area contributed by atoms with E-state index in [2.05, 4.69) is 10.6 Å². The number of carbonyl (C=O) groups excluding carboxylic acids is 3. The molecule has 2 amide bonds. The van der Waals surface area contributed by atoms with Crippen LogP contribution in [0.25, 0.3) is 0 Å². The van der Waals surface area contributed by atoms with E-state index in [9.17, 15) is 14.4 Å². The monoisotopic (exact) mass is 395 g/mol. The number of fused-ring (bicyclic) bond motifs is 1. The van der Waals surface area contributed by atoms with E-state index in [1.165, 1.54) is 18.7 Å². The molecule has 142 valence electrons. The molecule has 0 saturated carbocycles. The molecule has 2 N–H and O–H groups in total. The maximum Gasteiger partial charge on any atom is 0.338 e. The van der Waals surface area contributed by atoms with Gasteiger partial charge >= 0.3 is 5.97 Å². The summed E-state index contributed by atoms with van der Waals surface area (Å²) in [5.74, 6) is -0.577. The number of anilines is 2. The first-order chi connectivity index (χ1) is 13.5. The SMILES string of the molecule is C[C@H](OC(=O)c1ccc2c(c1)NC(=O)CCS2)C(=O)Nc1ccc(C#N)cc1. The van der Waals surface area contributed by atoms with Crippen molar-refractivity contribution in [3.05, 3.63) is 53.6 Å². The van der Waals surface area contributed by atoms with E-state index in [-0.39, 0.29) is 11.5 Å². The molecule has 7 nitrogen and oxygen atoms in total. The number of nitriles is 1. The number of nitrogens with one attached hydrogen (secondary N) is 2. The van der Waals surface area contributed by atoms with Crippen molar-refractivity contribution in [2.75, 3.05) is 16.4 Å². The van der Waals surface area contributed by atoms with E-state index in [4.69, 9.17) is 10.00 Å². The molecule has 1 atom stereocenters. The first kappa shape index (κ1) is 19.5. The minimum atomic E-state index is -1.02. The second kappa shape index (κ2) is 8.59. The van der Waals surface area contributed by atoms with Gasteiger partial charge in [-0.2, -0.15) is 5.26 Å². The standard InChI is InChI=1S/C20H17N3O4S/c1-12(19(25)22-15-5-2-13(11-21)3-6-15)27-20(26)14-4-7-17-16(10-14)23-18(24)8-9-28-17/h2-7,10,12H,8-9H2,1H3,(H,22,25)(H,23,24)/t12-/m0/s1. The molecule has 1 aliphatic heterocycles. The number of hydrogen-bond donors (Lipinski definition) is 2. The second-order valence-corrected chi connectivity index (χ2v) is 7.22. The van der Waals surface area contributed by atoms with Crippen molar-refractivity contribution >= 4 is 40.9 Å². The molecule has 0 spiro atoms. The van der Waals surface area contributed by atoms with Crippen molar-refractivity contribution in [1.82, 2.24) is 0 Å². The number of nitrogens with zero attached hydrogens (tertiary/aromatic N) is 1. The molecule has 2 aromatic carbocycles. The Hall–Kier alpha value is -3.31. The summed E-state index contributed by atoms with van der Waals surface area (Å²) in [5, 5.41) is 14.2. The lowest BCUT2D eigenvalue weighted by Gasteiger charge is -2.14. The first-order valence-corrected chi connectivity index (χ1v) is 9.53. The highest BCUT2D eigenvalue weighted by atomic mass is 32.2. The van der Waals surface area contributed by atoms with Crippen LogP contribution in [0.4, 0.5) is 11.4 Å². The number of carbonyl (C=O) groups is 3. The number of benzene rings is 2. The fraction of sp³-hybridized carbons (Fsp3) is 0.200. The van der Waals surface area contributed by atoms with Gasteiger partial charge in [-0.05, 0) is 49.4 Å². The van der Waals surface area contributed by atoms with Crippen LogP contribution in [0.15, 0.2) is 47.4 Å². The molecule has 0 radical (unpaired) electrons. The fourth-order valence-electron chi connectivity index (χ4n) is 2.50. The number of rotatable bonds is 4. The molecule has 0 aliphatic carbocycles. The Bertz CT molecular complexity index is 966. The average Bonchev–Trinajstić information content (AvgIpc) is 2.88. The molecular formula is C20H17N3O4S. The van der Waals surface area contributed by atoms with Crippen LogP contribution in [0.3, 0.4) is 0 Å². The zero-order valence-electron chi connectivity index (χ0n) is 15.0. The number of esters is 1. The van der Waals surface area contributed by atoms with Gasteiger partial charge in [0.1, 0.15) is 0 Å². The smallest absolute Gasteiger partial charge is 0.338 e. The van der Waals surface area contributed by atoms with Gasteiger partial charge in [-0.15, -0.1) is 11.8 Å². The van der Waals surface area contributed by atoms with Crippen LogP contribution < -0.4 is 10.6 Å².